The van der Waals surface area contributed by atoms with Crippen LogP contribution in [-0.4, -0.2) is 70.6 Å². The van der Waals surface area contributed by atoms with Gasteiger partial charge in [-0.15, -0.1) is 6.58 Å². The number of piperazine rings is 1. The summed E-state index contributed by atoms with van der Waals surface area (Å²) in [6, 6.07) is 16.8. The van der Waals surface area contributed by atoms with Crippen molar-refractivity contribution in [2.75, 3.05) is 32.7 Å². The lowest BCUT2D eigenvalue weighted by Gasteiger charge is -2.52. The molecule has 1 amide bonds. The SMILES string of the molecule is C=CCN1C2CCCC1CN(C(c1ccc(C(=O)NN3CCCCCC3)cc1)c1cccc(O)c1)C2. The average Bonchev–Trinajstić information content (AvgIpc) is 3.14. The number of hydrogen-bond acceptors (Lipinski definition) is 5. The Balaban J connectivity index is 1.38. The number of piperidine rings is 1. The molecule has 0 radical (unpaired) electrons. The quantitative estimate of drug-likeness (QED) is 0.552. The van der Waals surface area contributed by atoms with Crippen LogP contribution < -0.4 is 5.43 Å². The molecule has 36 heavy (non-hydrogen) atoms. The number of amides is 1. The number of rotatable bonds is 7. The highest BCUT2D eigenvalue weighted by molar-refractivity contribution is 5.93. The topological polar surface area (TPSA) is 59.0 Å². The molecule has 2 aromatic rings. The number of fused-ring (bicyclic) bond motifs is 2. The molecular formula is C30H40N4O2. The molecule has 2 bridgehead atoms. The number of nitrogens with zero attached hydrogens (tertiary/aromatic N) is 3. The number of carbonyl (C=O) groups is 1. The first-order valence-electron chi connectivity index (χ1n) is 13.7. The predicted octanol–water partition coefficient (Wildman–Crippen LogP) is 4.73. The molecule has 3 atom stereocenters. The normalized spacial score (nSPS) is 24.6. The summed E-state index contributed by atoms with van der Waals surface area (Å²) >= 11 is 0. The van der Waals surface area contributed by atoms with Crippen molar-refractivity contribution >= 4 is 5.91 Å². The molecule has 6 heteroatoms. The van der Waals surface area contributed by atoms with E-state index in [1.54, 1.807) is 6.07 Å². The Hall–Kier alpha value is -2.67. The van der Waals surface area contributed by atoms with Crippen LogP contribution in [0.5, 0.6) is 5.75 Å². The molecule has 3 aliphatic rings. The van der Waals surface area contributed by atoms with Crippen molar-refractivity contribution < 1.29 is 9.90 Å². The van der Waals surface area contributed by atoms with Crippen molar-refractivity contribution in [1.82, 2.24) is 20.2 Å². The number of nitrogens with one attached hydrogen (secondary N) is 1. The van der Waals surface area contributed by atoms with Crippen molar-refractivity contribution in [2.24, 2.45) is 0 Å². The Morgan fingerprint density at radius 3 is 2.31 bits per heavy atom. The van der Waals surface area contributed by atoms with E-state index in [4.69, 9.17) is 0 Å². The van der Waals surface area contributed by atoms with E-state index in [0.29, 0.717) is 17.6 Å². The molecule has 6 nitrogen and oxygen atoms in total. The fourth-order valence-corrected chi connectivity index (χ4v) is 6.40. The van der Waals surface area contributed by atoms with Crippen molar-refractivity contribution in [3.63, 3.8) is 0 Å². The van der Waals surface area contributed by atoms with E-state index in [9.17, 15) is 9.90 Å². The predicted molar refractivity (Wildman–Crippen MR) is 144 cm³/mol. The number of hydrogen-bond donors (Lipinski definition) is 2. The molecule has 3 aliphatic heterocycles. The number of carbonyl (C=O) groups excluding carboxylic acids is 1. The van der Waals surface area contributed by atoms with E-state index in [1.807, 2.05) is 30.3 Å². The molecule has 3 unspecified atom stereocenters. The maximum atomic E-state index is 12.9. The van der Waals surface area contributed by atoms with Crippen LogP contribution in [0, 0.1) is 0 Å². The number of phenolic OH excluding ortho intramolecular Hbond substituents is 1. The second-order valence-corrected chi connectivity index (χ2v) is 10.6. The zero-order valence-corrected chi connectivity index (χ0v) is 21.3. The highest BCUT2D eigenvalue weighted by Crippen LogP contribution is 2.37. The van der Waals surface area contributed by atoms with E-state index in [2.05, 4.69) is 45.0 Å². The van der Waals surface area contributed by atoms with Crippen LogP contribution in [0.25, 0.3) is 0 Å². The van der Waals surface area contributed by atoms with Crippen molar-refractivity contribution in [1.29, 1.82) is 0 Å². The van der Waals surface area contributed by atoms with Gasteiger partial charge >= 0.3 is 0 Å². The third kappa shape index (κ3) is 5.66. The van der Waals surface area contributed by atoms with E-state index in [1.165, 1.54) is 32.1 Å². The van der Waals surface area contributed by atoms with Gasteiger partial charge < -0.3 is 5.11 Å². The van der Waals surface area contributed by atoms with E-state index in [0.717, 1.165) is 56.7 Å². The van der Waals surface area contributed by atoms with Gasteiger partial charge in [-0.1, -0.05) is 49.6 Å². The zero-order chi connectivity index (χ0) is 24.9. The summed E-state index contributed by atoms with van der Waals surface area (Å²) in [6.45, 7) is 8.75. The molecule has 2 aromatic carbocycles. The van der Waals surface area contributed by atoms with Gasteiger partial charge in [0.15, 0.2) is 0 Å². The molecule has 3 heterocycles. The first kappa shape index (κ1) is 25.0. The fraction of sp³-hybridized carbons (Fsp3) is 0.500. The maximum Gasteiger partial charge on any atom is 0.265 e. The lowest BCUT2D eigenvalue weighted by atomic mass is 9.87. The summed E-state index contributed by atoms with van der Waals surface area (Å²) in [7, 11) is 0. The van der Waals surface area contributed by atoms with Gasteiger partial charge in [-0.3, -0.25) is 20.0 Å². The third-order valence-electron chi connectivity index (χ3n) is 8.15. The van der Waals surface area contributed by atoms with Gasteiger partial charge in [-0.2, -0.15) is 0 Å². The molecule has 0 aliphatic carbocycles. The van der Waals surface area contributed by atoms with Crippen LogP contribution >= 0.6 is 0 Å². The van der Waals surface area contributed by atoms with Gasteiger partial charge in [0.1, 0.15) is 5.75 Å². The highest BCUT2D eigenvalue weighted by Gasteiger charge is 2.39. The Bertz CT molecular complexity index is 1020. The summed E-state index contributed by atoms with van der Waals surface area (Å²) in [6.07, 6.45) is 10.5. The van der Waals surface area contributed by atoms with Crippen molar-refractivity contribution in [3.8, 4) is 5.75 Å². The first-order chi connectivity index (χ1) is 17.6. The molecule has 2 N–H and O–H groups in total. The number of likely N-dealkylation sites (tertiary alicyclic amines) is 1. The fourth-order valence-electron chi connectivity index (χ4n) is 6.40. The molecule has 5 rings (SSSR count). The molecular weight excluding hydrogens is 448 g/mol. The van der Waals surface area contributed by atoms with Crippen molar-refractivity contribution in [2.45, 2.75) is 63.1 Å². The second-order valence-electron chi connectivity index (χ2n) is 10.6. The lowest BCUT2D eigenvalue weighted by molar-refractivity contribution is -0.0128. The minimum Gasteiger partial charge on any atom is -0.508 e. The Morgan fingerprint density at radius 1 is 0.972 bits per heavy atom. The molecule has 3 fully saturated rings. The van der Waals surface area contributed by atoms with Crippen LogP contribution in [0.4, 0.5) is 0 Å². The number of hydrazine groups is 1. The molecule has 0 aromatic heterocycles. The van der Waals surface area contributed by atoms with Gasteiger partial charge in [0, 0.05) is 50.4 Å². The number of aromatic hydroxyl groups is 1. The first-order valence-corrected chi connectivity index (χ1v) is 13.7. The molecule has 0 saturated carbocycles. The van der Waals surface area contributed by atoms with Gasteiger partial charge in [-0.05, 0) is 61.1 Å². The number of phenols is 1. The average molecular weight is 489 g/mol. The van der Waals surface area contributed by atoms with Crippen LogP contribution in [0.1, 0.15) is 72.5 Å². The Kier molecular flexibility index (Phi) is 8.05. The zero-order valence-electron chi connectivity index (χ0n) is 21.3. The second kappa shape index (κ2) is 11.6. The van der Waals surface area contributed by atoms with E-state index in [-0.39, 0.29) is 17.7 Å². The third-order valence-corrected chi connectivity index (χ3v) is 8.15. The van der Waals surface area contributed by atoms with Gasteiger partial charge in [-0.25, -0.2) is 5.01 Å². The highest BCUT2D eigenvalue weighted by atomic mass is 16.3. The molecule has 0 spiro atoms. The monoisotopic (exact) mass is 488 g/mol. The van der Waals surface area contributed by atoms with Crippen molar-refractivity contribution in [3.05, 3.63) is 77.9 Å². The van der Waals surface area contributed by atoms with Gasteiger partial charge in [0.2, 0.25) is 0 Å². The largest absolute Gasteiger partial charge is 0.508 e. The lowest BCUT2D eigenvalue weighted by Crippen LogP contribution is -2.61. The molecule has 192 valence electrons. The van der Waals surface area contributed by atoms with Crippen LogP contribution in [0.15, 0.2) is 61.2 Å². The van der Waals surface area contributed by atoms with E-state index >= 15 is 0 Å². The standard InChI is InChI=1S/C30H40N4O2/c1-2-17-34-26-10-8-11-27(34)22-32(21-26)29(25-9-7-12-28(35)20-25)23-13-15-24(16-14-23)30(36)31-33-18-5-3-4-6-19-33/h2,7,9,12-16,20,26-27,29,35H,1,3-6,8,10-11,17-19,21-22H2,(H,31,36). The summed E-state index contributed by atoms with van der Waals surface area (Å²) in [5.74, 6) is 0.251. The minimum atomic E-state index is -0.0371. The minimum absolute atomic E-state index is 0.0359. The van der Waals surface area contributed by atoms with Gasteiger partial charge in [0.25, 0.3) is 5.91 Å². The van der Waals surface area contributed by atoms with E-state index < -0.39 is 0 Å². The summed E-state index contributed by atoms with van der Waals surface area (Å²) in [4.78, 5) is 18.1. The molecule has 3 saturated heterocycles. The summed E-state index contributed by atoms with van der Waals surface area (Å²) < 4.78 is 0. The smallest absolute Gasteiger partial charge is 0.265 e. The summed E-state index contributed by atoms with van der Waals surface area (Å²) in [5, 5.41) is 12.3. The van der Waals surface area contributed by atoms with Crippen LogP contribution in [-0.2, 0) is 0 Å². The Labute approximate surface area is 215 Å². The van der Waals surface area contributed by atoms with Gasteiger partial charge in [0.05, 0.1) is 6.04 Å². The van der Waals surface area contributed by atoms with Crippen LogP contribution in [0.3, 0.4) is 0 Å². The Morgan fingerprint density at radius 2 is 1.67 bits per heavy atom. The number of benzene rings is 2. The van der Waals surface area contributed by atoms with Crippen LogP contribution in [0.2, 0.25) is 0 Å². The maximum absolute atomic E-state index is 12.9. The summed E-state index contributed by atoms with van der Waals surface area (Å²) in [5.41, 5.74) is 6.04.